The zero-order valence-electron chi connectivity index (χ0n) is 9.20. The number of halogens is 1. The van der Waals surface area contributed by atoms with Gasteiger partial charge < -0.3 is 5.73 Å². The van der Waals surface area contributed by atoms with Crippen LogP contribution in [0.4, 0.5) is 5.69 Å². The molecule has 4 heteroatoms. The fourth-order valence-electron chi connectivity index (χ4n) is 1.79. The van der Waals surface area contributed by atoms with E-state index in [0.717, 1.165) is 35.1 Å². The molecule has 0 aromatic carbocycles. The largest absolute Gasteiger partial charge is 0.387 e. The Labute approximate surface area is 104 Å². The van der Waals surface area contributed by atoms with E-state index in [0.29, 0.717) is 5.84 Å². The minimum Gasteiger partial charge on any atom is -0.387 e. The zero-order valence-corrected chi connectivity index (χ0v) is 10.8. The van der Waals surface area contributed by atoms with Crippen LogP contribution in [0.5, 0.6) is 0 Å². The van der Waals surface area contributed by atoms with Crippen molar-refractivity contribution < 1.29 is 0 Å². The Morgan fingerprint density at radius 1 is 1.50 bits per heavy atom. The minimum atomic E-state index is 0.665. The van der Waals surface area contributed by atoms with E-state index < -0.39 is 0 Å². The lowest BCUT2D eigenvalue weighted by Gasteiger charge is -2.02. The Kier molecular flexibility index (Phi) is 3.39. The van der Waals surface area contributed by atoms with Gasteiger partial charge in [0.15, 0.2) is 0 Å². The van der Waals surface area contributed by atoms with E-state index in [1.165, 1.54) is 5.57 Å². The Balaban J connectivity index is 2.47. The zero-order chi connectivity index (χ0) is 11.5. The SMILES string of the molecule is CCCC1=Cc2ncc(Br)cc2N=C(N)C1. The summed E-state index contributed by atoms with van der Waals surface area (Å²) in [5.74, 6) is 0.665. The Morgan fingerprint density at radius 3 is 3.06 bits per heavy atom. The summed E-state index contributed by atoms with van der Waals surface area (Å²) < 4.78 is 0.926. The van der Waals surface area contributed by atoms with Crippen LogP contribution in [-0.4, -0.2) is 10.8 Å². The monoisotopic (exact) mass is 279 g/mol. The summed E-state index contributed by atoms with van der Waals surface area (Å²) in [6.45, 7) is 2.16. The van der Waals surface area contributed by atoms with Gasteiger partial charge in [-0.1, -0.05) is 18.9 Å². The van der Waals surface area contributed by atoms with Crippen LogP contribution >= 0.6 is 15.9 Å². The van der Waals surface area contributed by atoms with Crippen LogP contribution in [0.25, 0.3) is 6.08 Å². The summed E-state index contributed by atoms with van der Waals surface area (Å²) in [5, 5.41) is 0. The predicted molar refractivity (Wildman–Crippen MR) is 70.7 cm³/mol. The second kappa shape index (κ2) is 4.78. The normalized spacial score (nSPS) is 14.9. The maximum atomic E-state index is 5.89. The highest BCUT2D eigenvalue weighted by molar-refractivity contribution is 9.10. The summed E-state index contributed by atoms with van der Waals surface area (Å²) in [6.07, 6.45) is 6.81. The molecule has 0 spiro atoms. The third-order valence-corrected chi connectivity index (χ3v) is 2.88. The molecule has 0 fully saturated rings. The van der Waals surface area contributed by atoms with Gasteiger partial charge in [-0.15, -0.1) is 0 Å². The summed E-state index contributed by atoms with van der Waals surface area (Å²) >= 11 is 3.39. The molecule has 0 amide bonds. The standard InChI is InChI=1S/C12H14BrN3/c1-2-3-8-4-10-11(16-12(14)5-8)6-9(13)7-15-10/h4,6-7H,2-3,5H2,1H3,(H2,14,16). The van der Waals surface area contributed by atoms with Crippen LogP contribution < -0.4 is 5.73 Å². The van der Waals surface area contributed by atoms with Gasteiger partial charge in [-0.05, 0) is 34.5 Å². The van der Waals surface area contributed by atoms with Gasteiger partial charge in [-0.2, -0.15) is 0 Å². The highest BCUT2D eigenvalue weighted by Gasteiger charge is 2.10. The van der Waals surface area contributed by atoms with E-state index in [1.54, 1.807) is 6.20 Å². The summed E-state index contributed by atoms with van der Waals surface area (Å²) in [6, 6.07) is 1.95. The molecule has 1 aromatic rings. The maximum absolute atomic E-state index is 5.89. The third-order valence-electron chi connectivity index (χ3n) is 2.45. The number of fused-ring (bicyclic) bond motifs is 1. The molecule has 0 unspecified atom stereocenters. The fourth-order valence-corrected chi connectivity index (χ4v) is 2.11. The van der Waals surface area contributed by atoms with Gasteiger partial charge in [-0.3, -0.25) is 4.98 Å². The van der Waals surface area contributed by atoms with Crippen molar-refractivity contribution in [1.82, 2.24) is 4.98 Å². The van der Waals surface area contributed by atoms with Gasteiger partial charge in [0.2, 0.25) is 0 Å². The fraction of sp³-hybridized carbons (Fsp3) is 0.333. The van der Waals surface area contributed by atoms with Gasteiger partial charge in [0.05, 0.1) is 11.4 Å². The van der Waals surface area contributed by atoms with Crippen molar-refractivity contribution in [3.63, 3.8) is 0 Å². The Hall–Kier alpha value is -1.16. The third kappa shape index (κ3) is 2.50. The summed E-state index contributed by atoms with van der Waals surface area (Å²) in [7, 11) is 0. The molecule has 2 N–H and O–H groups in total. The van der Waals surface area contributed by atoms with Crippen molar-refractivity contribution in [1.29, 1.82) is 0 Å². The average molecular weight is 280 g/mol. The number of nitrogens with two attached hydrogens (primary N) is 1. The van der Waals surface area contributed by atoms with E-state index >= 15 is 0 Å². The second-order valence-electron chi connectivity index (χ2n) is 3.89. The Bertz CT molecular complexity index is 463. The van der Waals surface area contributed by atoms with Crippen molar-refractivity contribution in [3.05, 3.63) is 28.0 Å². The van der Waals surface area contributed by atoms with Gasteiger partial charge in [-0.25, -0.2) is 4.99 Å². The lowest BCUT2D eigenvalue weighted by atomic mass is 10.1. The smallest absolute Gasteiger partial charge is 0.104 e. The first-order valence-corrected chi connectivity index (χ1v) is 6.16. The van der Waals surface area contributed by atoms with Gasteiger partial charge in [0, 0.05) is 17.1 Å². The van der Waals surface area contributed by atoms with Crippen molar-refractivity contribution in [2.45, 2.75) is 26.2 Å². The molecule has 1 aliphatic heterocycles. The first-order chi connectivity index (χ1) is 7.69. The predicted octanol–water partition coefficient (Wildman–Crippen LogP) is 3.42. The first-order valence-electron chi connectivity index (χ1n) is 5.37. The molecule has 84 valence electrons. The van der Waals surface area contributed by atoms with Crippen LogP contribution in [0, 0.1) is 0 Å². The molecule has 0 saturated carbocycles. The average Bonchev–Trinajstić information content (AvgIpc) is 2.36. The van der Waals surface area contributed by atoms with E-state index in [1.807, 2.05) is 6.07 Å². The number of rotatable bonds is 2. The molecule has 3 nitrogen and oxygen atoms in total. The molecule has 0 atom stereocenters. The number of pyridine rings is 1. The molecular weight excluding hydrogens is 266 g/mol. The van der Waals surface area contributed by atoms with Crippen LogP contribution in [0.15, 0.2) is 27.3 Å². The summed E-state index contributed by atoms with van der Waals surface area (Å²) in [5.41, 5.74) is 8.94. The molecule has 0 radical (unpaired) electrons. The lowest BCUT2D eigenvalue weighted by Crippen LogP contribution is -2.11. The van der Waals surface area contributed by atoms with Crippen molar-refractivity contribution >= 4 is 33.5 Å². The molecule has 16 heavy (non-hydrogen) atoms. The van der Waals surface area contributed by atoms with Crippen LogP contribution in [0.3, 0.4) is 0 Å². The van der Waals surface area contributed by atoms with Gasteiger partial charge >= 0.3 is 0 Å². The quantitative estimate of drug-likeness (QED) is 0.902. The molecular formula is C12H14BrN3. The lowest BCUT2D eigenvalue weighted by molar-refractivity contribution is 0.894. The van der Waals surface area contributed by atoms with E-state index in [4.69, 9.17) is 5.73 Å². The van der Waals surface area contributed by atoms with E-state index in [2.05, 4.69) is 38.9 Å². The van der Waals surface area contributed by atoms with Crippen LogP contribution in [0.2, 0.25) is 0 Å². The van der Waals surface area contributed by atoms with Crippen molar-refractivity contribution in [2.75, 3.05) is 0 Å². The van der Waals surface area contributed by atoms with E-state index in [-0.39, 0.29) is 0 Å². The van der Waals surface area contributed by atoms with Crippen LogP contribution in [-0.2, 0) is 0 Å². The highest BCUT2D eigenvalue weighted by atomic mass is 79.9. The Morgan fingerprint density at radius 2 is 2.31 bits per heavy atom. The van der Waals surface area contributed by atoms with Crippen molar-refractivity contribution in [3.8, 4) is 0 Å². The van der Waals surface area contributed by atoms with Gasteiger partial charge in [0.1, 0.15) is 5.84 Å². The van der Waals surface area contributed by atoms with E-state index in [9.17, 15) is 0 Å². The number of amidine groups is 1. The number of nitrogens with zero attached hydrogens (tertiary/aromatic N) is 2. The maximum Gasteiger partial charge on any atom is 0.104 e. The second-order valence-corrected chi connectivity index (χ2v) is 4.81. The van der Waals surface area contributed by atoms with Crippen molar-refractivity contribution in [2.24, 2.45) is 10.7 Å². The molecule has 0 bridgehead atoms. The summed E-state index contributed by atoms with van der Waals surface area (Å²) in [4.78, 5) is 8.74. The number of hydrogen-bond donors (Lipinski definition) is 1. The number of hydrogen-bond acceptors (Lipinski definition) is 3. The van der Waals surface area contributed by atoms with Crippen LogP contribution in [0.1, 0.15) is 31.9 Å². The molecule has 1 aliphatic rings. The number of aliphatic imine (C=N–C) groups is 1. The topological polar surface area (TPSA) is 51.3 Å². The molecule has 2 heterocycles. The highest BCUT2D eigenvalue weighted by Crippen LogP contribution is 2.28. The first kappa shape index (κ1) is 11.3. The number of aromatic nitrogens is 1. The minimum absolute atomic E-state index is 0.665. The molecule has 0 saturated heterocycles. The molecule has 1 aromatic heterocycles. The molecule has 2 rings (SSSR count). The molecule has 0 aliphatic carbocycles. The van der Waals surface area contributed by atoms with Gasteiger partial charge in [0.25, 0.3) is 0 Å².